The van der Waals surface area contributed by atoms with E-state index in [1.54, 1.807) is 33.1 Å². The summed E-state index contributed by atoms with van der Waals surface area (Å²) in [6, 6.07) is 4.67. The molecule has 7 atom stereocenters. The summed E-state index contributed by atoms with van der Waals surface area (Å²) in [5, 5.41) is 20.0. The molecular formula is C35H55N5O8. The maximum atomic E-state index is 14.2. The van der Waals surface area contributed by atoms with E-state index in [9.17, 15) is 19.5 Å². The molecule has 4 aliphatic rings. The molecule has 0 radical (unpaired) electrons. The summed E-state index contributed by atoms with van der Waals surface area (Å²) in [6.07, 6.45) is 9.04. The van der Waals surface area contributed by atoms with Crippen molar-refractivity contribution in [2.45, 2.75) is 101 Å². The summed E-state index contributed by atoms with van der Waals surface area (Å²) < 4.78 is 10.6. The lowest BCUT2D eigenvalue weighted by molar-refractivity contribution is -0.133. The Hall–Kier alpha value is -2.81. The van der Waals surface area contributed by atoms with Gasteiger partial charge in [0.1, 0.15) is 23.4 Å². The number of methoxy groups -OCH3 is 1. The van der Waals surface area contributed by atoms with Crippen LogP contribution in [0.4, 0.5) is 0 Å². The topological polar surface area (TPSA) is 180 Å². The number of morpholine rings is 1. The van der Waals surface area contributed by atoms with Crippen LogP contribution in [0.25, 0.3) is 0 Å². The van der Waals surface area contributed by atoms with Crippen LogP contribution in [0.2, 0.25) is 0 Å². The molecule has 13 nitrogen and oxygen atoms in total. The summed E-state index contributed by atoms with van der Waals surface area (Å²) in [6.45, 7) is 5.58. The van der Waals surface area contributed by atoms with Gasteiger partial charge in [0.25, 0.3) is 5.79 Å². The van der Waals surface area contributed by atoms with E-state index in [0.29, 0.717) is 50.3 Å². The van der Waals surface area contributed by atoms with Gasteiger partial charge in [0, 0.05) is 26.1 Å². The minimum atomic E-state index is -1.57. The van der Waals surface area contributed by atoms with Crippen LogP contribution < -0.4 is 26.4 Å². The van der Waals surface area contributed by atoms with Crippen LogP contribution in [-0.4, -0.2) is 104 Å². The molecule has 0 bridgehead atoms. The number of ether oxygens (including phenoxy) is 2. The Morgan fingerprint density at radius 2 is 1.71 bits per heavy atom. The molecule has 2 aliphatic carbocycles. The van der Waals surface area contributed by atoms with Crippen LogP contribution in [0.5, 0.6) is 5.75 Å². The number of nitrogens with two attached hydrogens (primary N) is 1. The van der Waals surface area contributed by atoms with Crippen molar-refractivity contribution in [2.24, 2.45) is 23.5 Å². The molecular weight excluding hydrogens is 618 g/mol. The van der Waals surface area contributed by atoms with E-state index in [1.165, 1.54) is 25.7 Å². The second-order valence-corrected chi connectivity index (χ2v) is 14.4. The summed E-state index contributed by atoms with van der Waals surface area (Å²) in [5.41, 5.74) is 5.20. The van der Waals surface area contributed by atoms with Gasteiger partial charge in [0.2, 0.25) is 17.7 Å². The highest BCUT2D eigenvalue weighted by molar-refractivity contribution is 5.92. The number of aliphatic hydroxyl groups is 1. The molecule has 6 N–H and O–H groups in total. The zero-order valence-corrected chi connectivity index (χ0v) is 28.7. The lowest BCUT2D eigenvalue weighted by Gasteiger charge is -2.41. The minimum Gasteiger partial charge on any atom is -0.497 e. The molecule has 2 aliphatic heterocycles. The van der Waals surface area contributed by atoms with Crippen molar-refractivity contribution in [2.75, 3.05) is 46.5 Å². The quantitative estimate of drug-likeness (QED) is 0.135. The SMILES string of the molecule is COc1ccc(C[C@H](NC(=O)[C@H](C)NC(=O)CN2CCOCC2)C(=O)N[C@@H](C[C@H]2CC[C@@H]3CCCC[C@H]3C2)C2([C@](C)(O)CN)OO2)cc1. The van der Waals surface area contributed by atoms with Crippen molar-refractivity contribution in [1.82, 2.24) is 20.9 Å². The normalized spacial score (nSPS) is 26.9. The molecule has 13 heteroatoms. The molecule has 0 spiro atoms. The smallest absolute Gasteiger partial charge is 0.282 e. The number of benzene rings is 1. The van der Waals surface area contributed by atoms with E-state index in [-0.39, 0.29) is 25.4 Å². The van der Waals surface area contributed by atoms with Crippen LogP contribution in [0.3, 0.4) is 0 Å². The first kappa shape index (κ1) is 36.5. The van der Waals surface area contributed by atoms with E-state index in [2.05, 4.69) is 16.0 Å². The van der Waals surface area contributed by atoms with E-state index >= 15 is 0 Å². The maximum Gasteiger partial charge on any atom is 0.282 e. The van der Waals surface area contributed by atoms with Gasteiger partial charge < -0.3 is 36.3 Å². The highest BCUT2D eigenvalue weighted by Gasteiger charge is 2.68. The summed E-state index contributed by atoms with van der Waals surface area (Å²) in [4.78, 5) is 53.4. The highest BCUT2D eigenvalue weighted by atomic mass is 17.4. The Labute approximate surface area is 283 Å². The Bertz CT molecular complexity index is 1240. The number of carbonyl (C=O) groups is 3. The third kappa shape index (κ3) is 9.05. The third-order valence-electron chi connectivity index (χ3n) is 10.9. The van der Waals surface area contributed by atoms with Gasteiger partial charge in [-0.3, -0.25) is 19.3 Å². The number of fused-ring (bicyclic) bond motifs is 1. The molecule has 268 valence electrons. The minimum absolute atomic E-state index is 0.136. The first-order chi connectivity index (χ1) is 23.0. The average molecular weight is 674 g/mol. The Kier molecular flexibility index (Phi) is 12.4. The first-order valence-corrected chi connectivity index (χ1v) is 17.7. The molecule has 0 unspecified atom stereocenters. The summed E-state index contributed by atoms with van der Waals surface area (Å²) >= 11 is 0. The molecule has 5 rings (SSSR count). The number of nitrogens with one attached hydrogen (secondary N) is 3. The van der Waals surface area contributed by atoms with Crippen molar-refractivity contribution in [1.29, 1.82) is 0 Å². The molecule has 3 amide bonds. The molecule has 2 saturated heterocycles. The lowest BCUT2D eigenvalue weighted by atomic mass is 9.66. The van der Waals surface area contributed by atoms with Gasteiger partial charge in [-0.15, -0.1) is 0 Å². The molecule has 4 fully saturated rings. The fourth-order valence-corrected chi connectivity index (χ4v) is 7.78. The van der Waals surface area contributed by atoms with Gasteiger partial charge >= 0.3 is 0 Å². The zero-order chi connectivity index (χ0) is 34.3. The zero-order valence-electron chi connectivity index (χ0n) is 28.7. The fraction of sp³-hybridized carbons (Fsp3) is 0.743. The van der Waals surface area contributed by atoms with Crippen LogP contribution in [-0.2, 0) is 35.3 Å². The first-order valence-electron chi connectivity index (χ1n) is 17.7. The van der Waals surface area contributed by atoms with Crippen LogP contribution in [0, 0.1) is 17.8 Å². The van der Waals surface area contributed by atoms with Crippen molar-refractivity contribution >= 4 is 17.7 Å². The Morgan fingerprint density at radius 3 is 2.35 bits per heavy atom. The number of rotatable bonds is 15. The second kappa shape index (κ2) is 16.3. The molecule has 0 aromatic heterocycles. The van der Waals surface area contributed by atoms with Crippen molar-refractivity contribution in [3.8, 4) is 5.75 Å². The van der Waals surface area contributed by atoms with E-state index < -0.39 is 41.3 Å². The van der Waals surface area contributed by atoms with E-state index in [4.69, 9.17) is 25.0 Å². The molecule has 2 saturated carbocycles. The summed E-state index contributed by atoms with van der Waals surface area (Å²) in [7, 11) is 1.58. The molecule has 1 aromatic rings. The number of amides is 3. The number of hydrogen-bond acceptors (Lipinski definition) is 10. The molecule has 48 heavy (non-hydrogen) atoms. The number of hydrogen-bond donors (Lipinski definition) is 5. The largest absolute Gasteiger partial charge is 0.497 e. The van der Waals surface area contributed by atoms with Gasteiger partial charge in [-0.2, -0.15) is 9.78 Å². The van der Waals surface area contributed by atoms with Gasteiger partial charge in [0.05, 0.1) is 32.9 Å². The fourth-order valence-electron chi connectivity index (χ4n) is 7.78. The lowest BCUT2D eigenvalue weighted by Crippen LogP contribution is -2.63. The Balaban J connectivity index is 1.30. The molecule has 2 heterocycles. The van der Waals surface area contributed by atoms with Crippen LogP contribution in [0.15, 0.2) is 24.3 Å². The van der Waals surface area contributed by atoms with Crippen molar-refractivity contribution in [3.63, 3.8) is 0 Å². The molecule has 1 aromatic carbocycles. The van der Waals surface area contributed by atoms with E-state index in [1.807, 2.05) is 17.0 Å². The predicted octanol–water partition coefficient (Wildman–Crippen LogP) is 1.41. The van der Waals surface area contributed by atoms with Crippen molar-refractivity contribution < 1.29 is 38.7 Å². The van der Waals surface area contributed by atoms with Crippen LogP contribution in [0.1, 0.15) is 70.8 Å². The predicted molar refractivity (Wildman–Crippen MR) is 177 cm³/mol. The van der Waals surface area contributed by atoms with Crippen molar-refractivity contribution in [3.05, 3.63) is 29.8 Å². The average Bonchev–Trinajstić information content (AvgIpc) is 3.91. The highest BCUT2D eigenvalue weighted by Crippen LogP contribution is 2.48. The van der Waals surface area contributed by atoms with Gasteiger partial charge in [0.15, 0.2) is 0 Å². The monoisotopic (exact) mass is 673 g/mol. The second-order valence-electron chi connectivity index (χ2n) is 14.4. The third-order valence-corrected chi connectivity index (χ3v) is 10.9. The Morgan fingerprint density at radius 1 is 1.02 bits per heavy atom. The number of carbonyl (C=O) groups excluding carboxylic acids is 3. The van der Waals surface area contributed by atoms with Gasteiger partial charge in [-0.05, 0) is 68.6 Å². The van der Waals surface area contributed by atoms with Crippen LogP contribution >= 0.6 is 0 Å². The van der Waals surface area contributed by atoms with Gasteiger partial charge in [-0.1, -0.05) is 44.2 Å². The van der Waals surface area contributed by atoms with Gasteiger partial charge in [-0.25, -0.2) is 0 Å². The number of nitrogens with zero attached hydrogens (tertiary/aromatic N) is 1. The standard InChI is InChI=1S/C35H55N5O8/c1-23(37-31(41)21-40-14-16-46-17-15-40)32(42)38-29(19-24-9-12-28(45-3)13-10-24)33(43)39-30(35(47-48-35)34(2,44)22-36)20-25-8-11-26-6-4-5-7-27(26)18-25/h9-10,12-13,23,25-27,29-30,44H,4-8,11,14-22,36H2,1-3H3,(H,37,41)(H,38,42)(H,39,43)/t23-,25-,26-,27-,29-,30-,34+/m0/s1. The summed E-state index contributed by atoms with van der Waals surface area (Å²) in [5.74, 6) is -0.317. The maximum absolute atomic E-state index is 14.2. The van der Waals surface area contributed by atoms with E-state index in [0.717, 1.165) is 30.7 Å².